The Hall–Kier alpha value is -2.61. The Morgan fingerprint density at radius 2 is 1.86 bits per heavy atom. The summed E-state index contributed by atoms with van der Waals surface area (Å²) in [6, 6.07) is 7.44. The first kappa shape index (κ1) is 20.1. The Morgan fingerprint density at radius 1 is 1.11 bits per heavy atom. The van der Waals surface area contributed by atoms with Gasteiger partial charge in [-0.05, 0) is 55.5 Å². The number of phenols is 1. The van der Waals surface area contributed by atoms with Crippen molar-refractivity contribution in [3.05, 3.63) is 53.6 Å². The van der Waals surface area contributed by atoms with Crippen molar-refractivity contribution in [2.75, 3.05) is 5.32 Å². The fourth-order valence-electron chi connectivity index (χ4n) is 3.28. The van der Waals surface area contributed by atoms with Gasteiger partial charge in [-0.15, -0.1) is 11.8 Å². The van der Waals surface area contributed by atoms with Gasteiger partial charge in [0.25, 0.3) is 5.91 Å². The van der Waals surface area contributed by atoms with Crippen LogP contribution in [0.5, 0.6) is 5.75 Å². The van der Waals surface area contributed by atoms with Crippen molar-refractivity contribution >= 4 is 29.3 Å². The van der Waals surface area contributed by atoms with Gasteiger partial charge in [0.2, 0.25) is 0 Å². The smallest absolute Gasteiger partial charge is 0.303 e. The molecule has 1 aliphatic carbocycles. The zero-order valence-corrected chi connectivity index (χ0v) is 15.6. The molecule has 0 saturated heterocycles. The van der Waals surface area contributed by atoms with E-state index in [2.05, 4.69) is 5.32 Å². The summed E-state index contributed by atoms with van der Waals surface area (Å²) in [5, 5.41) is 20.9. The lowest BCUT2D eigenvalue weighted by molar-refractivity contribution is -0.138. The number of thioether (sulfide) groups is 1. The van der Waals surface area contributed by atoms with Crippen LogP contribution >= 0.6 is 11.8 Å². The fraction of sp³-hybridized carbons (Fsp3) is 0.300. The highest BCUT2D eigenvalue weighted by Crippen LogP contribution is 2.40. The average molecular weight is 407 g/mol. The van der Waals surface area contributed by atoms with Crippen molar-refractivity contribution < 1.29 is 28.6 Å². The van der Waals surface area contributed by atoms with Gasteiger partial charge in [0, 0.05) is 33.9 Å². The minimum atomic E-state index is -0.827. The van der Waals surface area contributed by atoms with Crippen LogP contribution in [0.25, 0.3) is 0 Å². The highest BCUT2D eigenvalue weighted by molar-refractivity contribution is 8.00. The van der Waals surface area contributed by atoms with Crippen LogP contribution in [0.3, 0.4) is 0 Å². The minimum absolute atomic E-state index is 0.0932. The van der Waals surface area contributed by atoms with E-state index in [-0.39, 0.29) is 28.8 Å². The van der Waals surface area contributed by atoms with Gasteiger partial charge in [-0.2, -0.15) is 0 Å². The highest BCUT2D eigenvalue weighted by atomic mass is 32.2. The van der Waals surface area contributed by atoms with Crippen molar-refractivity contribution in [1.82, 2.24) is 0 Å². The molecule has 0 aliphatic heterocycles. The summed E-state index contributed by atoms with van der Waals surface area (Å²) < 4.78 is 27.3. The van der Waals surface area contributed by atoms with E-state index in [1.165, 1.54) is 36.0 Å². The van der Waals surface area contributed by atoms with Gasteiger partial charge in [-0.1, -0.05) is 0 Å². The van der Waals surface area contributed by atoms with Crippen molar-refractivity contribution in [3.63, 3.8) is 0 Å². The van der Waals surface area contributed by atoms with E-state index in [0.717, 1.165) is 25.0 Å². The number of phenolic OH excluding ortho intramolecular Hbond substituents is 1. The molecule has 0 heterocycles. The number of rotatable bonds is 6. The van der Waals surface area contributed by atoms with Crippen molar-refractivity contribution in [2.45, 2.75) is 35.8 Å². The molecular weight excluding hydrogens is 388 g/mol. The molecule has 28 heavy (non-hydrogen) atoms. The molecule has 0 aromatic heterocycles. The number of halogens is 2. The number of anilines is 1. The molecule has 2 aromatic carbocycles. The number of carbonyl (C=O) groups excluding carboxylic acids is 1. The normalized spacial score (nSPS) is 18.8. The minimum Gasteiger partial charge on any atom is -0.505 e. The molecule has 2 aromatic rings. The molecule has 1 amide bonds. The Morgan fingerprint density at radius 3 is 2.57 bits per heavy atom. The lowest BCUT2D eigenvalue weighted by Crippen LogP contribution is -2.12. The van der Waals surface area contributed by atoms with Crippen molar-refractivity contribution in [3.8, 4) is 5.75 Å². The second-order valence-electron chi connectivity index (χ2n) is 6.78. The summed E-state index contributed by atoms with van der Waals surface area (Å²) in [6.45, 7) is 0. The van der Waals surface area contributed by atoms with Gasteiger partial charge >= 0.3 is 5.97 Å². The second kappa shape index (κ2) is 8.60. The molecule has 0 radical (unpaired) electrons. The molecule has 2 unspecified atom stereocenters. The largest absolute Gasteiger partial charge is 0.505 e. The number of hydrogen-bond acceptors (Lipinski definition) is 4. The van der Waals surface area contributed by atoms with Crippen LogP contribution < -0.4 is 5.32 Å². The standard InChI is InChI=1S/C20H19F2NO4S/c21-15-6-3-13(10-17(15)24)23-20(27)12-2-5-16(22)18(9-12)28-14-4-1-11(7-14)8-19(25)26/h2-3,5-6,9-11,14,24H,1,4,7-8H2,(H,23,27)(H,25,26). The van der Waals surface area contributed by atoms with Crippen LogP contribution in [0.2, 0.25) is 0 Å². The van der Waals surface area contributed by atoms with Crippen molar-refractivity contribution in [2.24, 2.45) is 5.92 Å². The molecule has 1 aliphatic rings. The number of aliphatic carboxylic acids is 1. The molecule has 0 spiro atoms. The van der Waals surface area contributed by atoms with Gasteiger partial charge < -0.3 is 15.5 Å². The first-order chi connectivity index (χ1) is 13.3. The monoisotopic (exact) mass is 407 g/mol. The van der Waals surface area contributed by atoms with Crippen LogP contribution in [0, 0.1) is 17.6 Å². The van der Waals surface area contributed by atoms with E-state index >= 15 is 0 Å². The number of benzene rings is 2. The van der Waals surface area contributed by atoms with Gasteiger partial charge in [0.05, 0.1) is 0 Å². The number of nitrogens with one attached hydrogen (secondary N) is 1. The summed E-state index contributed by atoms with van der Waals surface area (Å²) in [6.07, 6.45) is 2.40. The molecule has 0 bridgehead atoms. The van der Waals surface area contributed by atoms with Crippen LogP contribution in [-0.2, 0) is 4.79 Å². The first-order valence-corrected chi connectivity index (χ1v) is 9.67. The van der Waals surface area contributed by atoms with E-state index in [1.54, 1.807) is 0 Å². The summed E-state index contributed by atoms with van der Waals surface area (Å²) >= 11 is 1.31. The Balaban J connectivity index is 1.68. The fourth-order valence-corrected chi connectivity index (χ4v) is 4.63. The highest BCUT2D eigenvalue weighted by Gasteiger charge is 2.28. The Kier molecular flexibility index (Phi) is 6.18. The molecule has 148 valence electrons. The lowest BCUT2D eigenvalue weighted by Gasteiger charge is -2.12. The molecule has 5 nitrogen and oxygen atoms in total. The van der Waals surface area contributed by atoms with E-state index < -0.39 is 29.3 Å². The molecule has 1 saturated carbocycles. The van der Waals surface area contributed by atoms with Crippen molar-refractivity contribution in [1.29, 1.82) is 0 Å². The maximum absolute atomic E-state index is 14.2. The topological polar surface area (TPSA) is 86.6 Å². The van der Waals surface area contributed by atoms with E-state index in [4.69, 9.17) is 5.11 Å². The number of amides is 1. The van der Waals surface area contributed by atoms with Crippen LogP contribution in [0.15, 0.2) is 41.3 Å². The zero-order chi connectivity index (χ0) is 20.3. The molecule has 3 N–H and O–H groups in total. The van der Waals surface area contributed by atoms with Crippen LogP contribution in [-0.4, -0.2) is 27.3 Å². The summed E-state index contributed by atoms with van der Waals surface area (Å²) in [5.74, 6) is -3.06. The number of aromatic hydroxyl groups is 1. The summed E-state index contributed by atoms with van der Waals surface area (Å²) in [7, 11) is 0. The first-order valence-electron chi connectivity index (χ1n) is 8.79. The SMILES string of the molecule is O=C(O)CC1CCC(Sc2cc(C(=O)Nc3ccc(F)c(O)c3)ccc2F)C1. The van der Waals surface area contributed by atoms with Gasteiger partial charge in [-0.25, -0.2) is 8.78 Å². The van der Waals surface area contributed by atoms with Gasteiger partial charge in [0.1, 0.15) is 5.82 Å². The second-order valence-corrected chi connectivity index (χ2v) is 8.12. The predicted molar refractivity (Wildman–Crippen MR) is 102 cm³/mol. The molecule has 8 heteroatoms. The number of carbonyl (C=O) groups is 2. The Bertz CT molecular complexity index is 906. The average Bonchev–Trinajstić information content (AvgIpc) is 3.06. The Labute approximate surface area is 164 Å². The van der Waals surface area contributed by atoms with E-state index in [0.29, 0.717) is 11.3 Å². The number of carboxylic acid groups (broad SMARTS) is 1. The quantitative estimate of drug-likeness (QED) is 0.648. The predicted octanol–water partition coefficient (Wildman–Crippen LogP) is 4.66. The lowest BCUT2D eigenvalue weighted by atomic mass is 10.1. The molecule has 1 fully saturated rings. The van der Waals surface area contributed by atoms with Crippen LogP contribution in [0.4, 0.5) is 14.5 Å². The number of hydrogen-bond donors (Lipinski definition) is 3. The summed E-state index contributed by atoms with van der Waals surface area (Å²) in [4.78, 5) is 23.6. The summed E-state index contributed by atoms with van der Waals surface area (Å²) in [5.41, 5.74) is 0.447. The third-order valence-corrected chi connectivity index (χ3v) is 5.98. The van der Waals surface area contributed by atoms with Crippen LogP contribution in [0.1, 0.15) is 36.0 Å². The van der Waals surface area contributed by atoms with Gasteiger partial charge in [0.15, 0.2) is 11.6 Å². The molecule has 2 atom stereocenters. The third-order valence-electron chi connectivity index (χ3n) is 4.65. The van der Waals surface area contributed by atoms with E-state index in [9.17, 15) is 23.5 Å². The maximum Gasteiger partial charge on any atom is 0.303 e. The molecule has 3 rings (SSSR count). The number of carboxylic acids is 1. The maximum atomic E-state index is 14.2. The van der Waals surface area contributed by atoms with Gasteiger partial charge in [-0.3, -0.25) is 9.59 Å². The zero-order valence-electron chi connectivity index (χ0n) is 14.8. The van der Waals surface area contributed by atoms with E-state index in [1.807, 2.05) is 0 Å². The molecular formula is C20H19F2NO4S. The third kappa shape index (κ3) is 5.01.